The molecule has 7 nitrogen and oxygen atoms in total. The van der Waals surface area contributed by atoms with Crippen molar-refractivity contribution in [3.63, 3.8) is 0 Å². The van der Waals surface area contributed by atoms with E-state index in [1.165, 1.54) is 0 Å². The van der Waals surface area contributed by atoms with Gasteiger partial charge in [0.2, 0.25) is 5.91 Å². The Bertz CT molecular complexity index is 1100. The van der Waals surface area contributed by atoms with E-state index in [4.69, 9.17) is 18.7 Å². The zero-order valence-corrected chi connectivity index (χ0v) is 19.9. The van der Waals surface area contributed by atoms with Gasteiger partial charge in [0.1, 0.15) is 18.1 Å². The molecule has 7 heteroatoms. The van der Waals surface area contributed by atoms with Gasteiger partial charge < -0.3 is 23.6 Å². The molecule has 1 heterocycles. The molecule has 0 spiro atoms. The van der Waals surface area contributed by atoms with Crippen LogP contribution in [0.2, 0.25) is 0 Å². The molecule has 1 unspecified atom stereocenters. The van der Waals surface area contributed by atoms with Gasteiger partial charge in [0.15, 0.2) is 11.5 Å². The van der Waals surface area contributed by atoms with E-state index in [0.717, 1.165) is 33.9 Å². The number of rotatable bonds is 9. The number of nitrogens with zero attached hydrogens (tertiary/aromatic N) is 2. The van der Waals surface area contributed by atoms with E-state index in [-0.39, 0.29) is 11.9 Å². The smallest absolute Gasteiger partial charge is 0.246 e. The molecular formula is C26H30N2O5. The summed E-state index contributed by atoms with van der Waals surface area (Å²) in [6.45, 7) is 6.05. The maximum absolute atomic E-state index is 12.7. The number of carbonyl (C=O) groups excluding carboxylic acids is 1. The van der Waals surface area contributed by atoms with Crippen LogP contribution in [0.3, 0.4) is 0 Å². The Hall–Kier alpha value is -3.74. The van der Waals surface area contributed by atoms with Gasteiger partial charge in [-0.1, -0.05) is 23.4 Å². The van der Waals surface area contributed by atoms with Gasteiger partial charge in [-0.3, -0.25) is 4.79 Å². The first-order valence-corrected chi connectivity index (χ1v) is 10.7. The second-order valence-corrected chi connectivity index (χ2v) is 7.73. The molecule has 0 saturated carbocycles. The molecule has 0 radical (unpaired) electrons. The number of hydrogen-bond acceptors (Lipinski definition) is 6. The first kappa shape index (κ1) is 23.9. The van der Waals surface area contributed by atoms with Crippen molar-refractivity contribution in [2.24, 2.45) is 0 Å². The van der Waals surface area contributed by atoms with Crippen LogP contribution in [0.15, 0.2) is 53.1 Å². The minimum Gasteiger partial charge on any atom is -0.497 e. The van der Waals surface area contributed by atoms with Crippen molar-refractivity contribution >= 4 is 12.0 Å². The topological polar surface area (TPSA) is 74.0 Å². The van der Waals surface area contributed by atoms with Crippen LogP contribution in [-0.2, 0) is 11.4 Å². The third-order valence-corrected chi connectivity index (χ3v) is 5.69. The summed E-state index contributed by atoms with van der Waals surface area (Å²) in [4.78, 5) is 14.4. The fraction of sp³-hybridized carbons (Fsp3) is 0.308. The molecule has 1 amide bonds. The quantitative estimate of drug-likeness (QED) is 0.421. The molecule has 0 saturated heterocycles. The minimum atomic E-state index is -0.101. The standard InChI is InChI=1S/C26H30N2O5/c1-17-23(19(3)33-27-17)16-32-24-13-7-20(15-25(24)31-6)8-14-26(29)28(4)18(2)21-9-11-22(30-5)12-10-21/h7-15,18H,16H2,1-6H3/b14-8+. The van der Waals surface area contributed by atoms with Crippen LogP contribution in [0.4, 0.5) is 0 Å². The Balaban J connectivity index is 1.66. The van der Waals surface area contributed by atoms with Crippen LogP contribution in [0.1, 0.15) is 41.1 Å². The van der Waals surface area contributed by atoms with Crippen molar-refractivity contribution in [3.05, 3.63) is 76.7 Å². The van der Waals surface area contributed by atoms with Gasteiger partial charge in [-0.15, -0.1) is 0 Å². The number of hydrogen-bond donors (Lipinski definition) is 0. The molecule has 0 fully saturated rings. The molecule has 0 aliphatic rings. The van der Waals surface area contributed by atoms with Gasteiger partial charge in [-0.25, -0.2) is 0 Å². The van der Waals surface area contributed by atoms with Crippen LogP contribution in [-0.4, -0.2) is 37.2 Å². The Labute approximate surface area is 194 Å². The number of amides is 1. The van der Waals surface area contributed by atoms with Crippen molar-refractivity contribution in [2.45, 2.75) is 33.4 Å². The predicted octanol–water partition coefficient (Wildman–Crippen LogP) is 5.12. The third kappa shape index (κ3) is 5.74. The molecule has 1 atom stereocenters. The lowest BCUT2D eigenvalue weighted by atomic mass is 10.1. The fourth-order valence-corrected chi connectivity index (χ4v) is 3.35. The van der Waals surface area contributed by atoms with Gasteiger partial charge in [0, 0.05) is 13.1 Å². The van der Waals surface area contributed by atoms with E-state index in [1.807, 2.05) is 63.2 Å². The van der Waals surface area contributed by atoms with Gasteiger partial charge in [0.25, 0.3) is 0 Å². The third-order valence-electron chi connectivity index (χ3n) is 5.69. The van der Waals surface area contributed by atoms with E-state index >= 15 is 0 Å². The van der Waals surface area contributed by atoms with E-state index in [1.54, 1.807) is 38.3 Å². The summed E-state index contributed by atoms with van der Waals surface area (Å²) < 4.78 is 21.8. The van der Waals surface area contributed by atoms with Crippen molar-refractivity contribution < 1.29 is 23.5 Å². The van der Waals surface area contributed by atoms with Crippen LogP contribution in [0.25, 0.3) is 6.08 Å². The molecule has 0 aliphatic carbocycles. The van der Waals surface area contributed by atoms with Gasteiger partial charge in [0.05, 0.1) is 31.5 Å². The number of aromatic nitrogens is 1. The van der Waals surface area contributed by atoms with Crippen LogP contribution in [0.5, 0.6) is 17.2 Å². The SMILES string of the molecule is COc1ccc(C(C)N(C)C(=O)/C=C/c2ccc(OCc3c(C)noc3C)c(OC)c2)cc1. The van der Waals surface area contributed by atoms with Crippen molar-refractivity contribution in [2.75, 3.05) is 21.3 Å². The summed E-state index contributed by atoms with van der Waals surface area (Å²) in [7, 11) is 5.00. The summed E-state index contributed by atoms with van der Waals surface area (Å²) in [5.74, 6) is 2.60. The predicted molar refractivity (Wildman–Crippen MR) is 127 cm³/mol. The van der Waals surface area contributed by atoms with Gasteiger partial charge in [-0.2, -0.15) is 0 Å². The number of ether oxygens (including phenoxy) is 3. The second kappa shape index (κ2) is 10.7. The molecule has 174 valence electrons. The van der Waals surface area contributed by atoms with Crippen molar-refractivity contribution in [3.8, 4) is 17.2 Å². The molecule has 33 heavy (non-hydrogen) atoms. The maximum atomic E-state index is 12.7. The highest BCUT2D eigenvalue weighted by molar-refractivity contribution is 5.92. The van der Waals surface area contributed by atoms with Crippen molar-refractivity contribution in [1.29, 1.82) is 0 Å². The molecule has 0 bridgehead atoms. The first-order valence-electron chi connectivity index (χ1n) is 10.7. The molecule has 0 N–H and O–H groups in total. The van der Waals surface area contributed by atoms with Gasteiger partial charge in [-0.05, 0) is 62.2 Å². The number of methoxy groups -OCH3 is 2. The monoisotopic (exact) mass is 450 g/mol. The summed E-state index contributed by atoms with van der Waals surface area (Å²) in [6.07, 6.45) is 3.32. The molecule has 2 aromatic carbocycles. The zero-order valence-electron chi connectivity index (χ0n) is 19.9. The lowest BCUT2D eigenvalue weighted by molar-refractivity contribution is -0.126. The summed E-state index contributed by atoms with van der Waals surface area (Å²) in [5, 5.41) is 3.94. The molecule has 3 aromatic rings. The summed E-state index contributed by atoms with van der Waals surface area (Å²) in [6, 6.07) is 13.2. The normalized spacial score (nSPS) is 11.9. The lowest BCUT2D eigenvalue weighted by Gasteiger charge is -2.24. The van der Waals surface area contributed by atoms with Gasteiger partial charge >= 0.3 is 0 Å². The number of aryl methyl sites for hydroxylation is 2. The maximum Gasteiger partial charge on any atom is 0.246 e. The average molecular weight is 451 g/mol. The second-order valence-electron chi connectivity index (χ2n) is 7.73. The zero-order chi connectivity index (χ0) is 24.0. The van der Waals surface area contributed by atoms with Crippen LogP contribution < -0.4 is 14.2 Å². The van der Waals surface area contributed by atoms with Crippen LogP contribution >= 0.6 is 0 Å². The summed E-state index contributed by atoms with van der Waals surface area (Å²) >= 11 is 0. The van der Waals surface area contributed by atoms with E-state index in [0.29, 0.717) is 18.1 Å². The highest BCUT2D eigenvalue weighted by Gasteiger charge is 2.16. The number of carbonyl (C=O) groups is 1. The minimum absolute atomic E-state index is 0.0808. The average Bonchev–Trinajstić information content (AvgIpc) is 3.17. The highest BCUT2D eigenvalue weighted by Crippen LogP contribution is 2.30. The Kier molecular flexibility index (Phi) is 7.77. The molecule has 1 aromatic heterocycles. The van der Waals surface area contributed by atoms with E-state index in [2.05, 4.69) is 5.16 Å². The Morgan fingerprint density at radius 3 is 2.42 bits per heavy atom. The molecule has 3 rings (SSSR count). The molecular weight excluding hydrogens is 420 g/mol. The lowest BCUT2D eigenvalue weighted by Crippen LogP contribution is -2.27. The number of likely N-dealkylation sites (N-methyl/N-ethyl adjacent to an activating group) is 1. The van der Waals surface area contributed by atoms with Crippen LogP contribution in [0, 0.1) is 13.8 Å². The summed E-state index contributed by atoms with van der Waals surface area (Å²) in [5.41, 5.74) is 3.58. The molecule has 0 aliphatic heterocycles. The number of benzene rings is 2. The Morgan fingerprint density at radius 2 is 1.82 bits per heavy atom. The highest BCUT2D eigenvalue weighted by atomic mass is 16.5. The van der Waals surface area contributed by atoms with E-state index in [9.17, 15) is 4.79 Å². The van der Waals surface area contributed by atoms with E-state index < -0.39 is 0 Å². The fourth-order valence-electron chi connectivity index (χ4n) is 3.35. The Morgan fingerprint density at radius 1 is 1.09 bits per heavy atom. The van der Waals surface area contributed by atoms with Crippen molar-refractivity contribution in [1.82, 2.24) is 10.1 Å². The first-order chi connectivity index (χ1) is 15.8. The largest absolute Gasteiger partial charge is 0.497 e.